The van der Waals surface area contributed by atoms with Gasteiger partial charge < -0.3 is 5.32 Å². The number of anilines is 1. The molecule has 0 radical (unpaired) electrons. The van der Waals surface area contributed by atoms with Crippen molar-refractivity contribution >= 4 is 61.8 Å². The van der Waals surface area contributed by atoms with Crippen LogP contribution in [0, 0.1) is 3.57 Å². The van der Waals surface area contributed by atoms with Crippen LogP contribution < -0.4 is 10.7 Å². The fraction of sp³-hybridized carbons (Fsp3) is 0.125. The molecule has 0 saturated heterocycles. The molecule has 0 amide bonds. The minimum Gasteiger partial charge on any atom is -0.331 e. The van der Waals surface area contributed by atoms with Crippen LogP contribution in [0.4, 0.5) is 5.69 Å². The summed E-state index contributed by atoms with van der Waals surface area (Å²) in [4.78, 5) is 0.188. The van der Waals surface area contributed by atoms with Crippen LogP contribution in [0.2, 0.25) is 0 Å². The highest BCUT2D eigenvalue weighted by Crippen LogP contribution is 2.17. The maximum atomic E-state index is 12.2. The molecule has 0 aromatic heterocycles. The summed E-state index contributed by atoms with van der Waals surface area (Å²) in [6, 6.07) is 14.2. The topological polar surface area (TPSA) is 73.8 Å². The Bertz CT molecular complexity index is 899. The second kappa shape index (κ2) is 8.70. The Morgan fingerprint density at radius 1 is 1.20 bits per heavy atom. The molecular formula is C16H17IN4O2S2. The van der Waals surface area contributed by atoms with Crippen molar-refractivity contribution in [3.05, 3.63) is 57.7 Å². The van der Waals surface area contributed by atoms with Gasteiger partial charge in [0.05, 0.1) is 11.1 Å². The fourth-order valence-corrected chi connectivity index (χ4v) is 3.49. The van der Waals surface area contributed by atoms with E-state index >= 15 is 0 Å². The molecule has 2 rings (SSSR count). The molecule has 132 valence electrons. The van der Waals surface area contributed by atoms with Gasteiger partial charge in [-0.1, -0.05) is 24.3 Å². The van der Waals surface area contributed by atoms with Gasteiger partial charge in [-0.15, -0.1) is 0 Å². The van der Waals surface area contributed by atoms with Gasteiger partial charge in [-0.3, -0.25) is 5.43 Å². The van der Waals surface area contributed by atoms with Gasteiger partial charge in [0.1, 0.15) is 0 Å². The molecule has 2 N–H and O–H groups in total. The first-order chi connectivity index (χ1) is 11.8. The van der Waals surface area contributed by atoms with E-state index in [0.29, 0.717) is 5.69 Å². The second-order valence-electron chi connectivity index (χ2n) is 5.16. The lowest BCUT2D eigenvalue weighted by Crippen LogP contribution is -2.25. The van der Waals surface area contributed by atoms with Gasteiger partial charge in [0, 0.05) is 28.9 Å². The molecule has 0 aliphatic rings. The van der Waals surface area contributed by atoms with Crippen LogP contribution in [0.3, 0.4) is 0 Å². The first-order valence-electron chi connectivity index (χ1n) is 7.18. The van der Waals surface area contributed by atoms with Crippen LogP contribution in [0.1, 0.15) is 5.56 Å². The third-order valence-corrected chi connectivity index (χ3v) is 6.13. The lowest BCUT2D eigenvalue weighted by molar-refractivity contribution is 0.521. The number of thiocarbonyl (C=S) groups is 1. The van der Waals surface area contributed by atoms with E-state index in [1.807, 2.05) is 24.3 Å². The van der Waals surface area contributed by atoms with Crippen molar-refractivity contribution < 1.29 is 8.42 Å². The van der Waals surface area contributed by atoms with E-state index in [0.717, 1.165) is 13.4 Å². The molecule has 0 atom stereocenters. The Morgan fingerprint density at radius 3 is 2.60 bits per heavy atom. The van der Waals surface area contributed by atoms with Crippen molar-refractivity contribution in [2.75, 3.05) is 19.4 Å². The summed E-state index contributed by atoms with van der Waals surface area (Å²) in [6.07, 6.45) is 1.67. The number of halogens is 1. The summed E-state index contributed by atoms with van der Waals surface area (Å²) >= 11 is 7.40. The van der Waals surface area contributed by atoms with Crippen LogP contribution in [-0.2, 0) is 10.0 Å². The minimum absolute atomic E-state index is 0.188. The number of sulfonamides is 1. The Kier molecular flexibility index (Phi) is 6.87. The van der Waals surface area contributed by atoms with Crippen molar-refractivity contribution in [1.82, 2.24) is 9.73 Å². The SMILES string of the molecule is CN(C)S(=O)(=O)c1cccc(NC(=S)NN=Cc2ccccc2I)c1. The molecule has 2 aromatic rings. The Hall–Kier alpha value is -1.56. The summed E-state index contributed by atoms with van der Waals surface area (Å²) in [5.41, 5.74) is 4.24. The number of hydrogen-bond donors (Lipinski definition) is 2. The number of benzene rings is 2. The van der Waals surface area contributed by atoms with E-state index in [4.69, 9.17) is 12.2 Å². The highest BCUT2D eigenvalue weighted by molar-refractivity contribution is 14.1. The summed E-state index contributed by atoms with van der Waals surface area (Å²) in [5, 5.41) is 7.27. The van der Waals surface area contributed by atoms with Gasteiger partial charge in [0.15, 0.2) is 5.11 Å². The Labute approximate surface area is 166 Å². The average molecular weight is 488 g/mol. The van der Waals surface area contributed by atoms with Crippen molar-refractivity contribution in [2.45, 2.75) is 4.90 Å². The number of hydrazone groups is 1. The van der Waals surface area contributed by atoms with Crippen molar-refractivity contribution in [3.8, 4) is 0 Å². The van der Waals surface area contributed by atoms with Gasteiger partial charge in [-0.25, -0.2) is 12.7 Å². The van der Waals surface area contributed by atoms with Gasteiger partial charge in [0.25, 0.3) is 0 Å². The van der Waals surface area contributed by atoms with E-state index in [1.165, 1.54) is 26.2 Å². The van der Waals surface area contributed by atoms with E-state index in [-0.39, 0.29) is 10.0 Å². The van der Waals surface area contributed by atoms with E-state index < -0.39 is 10.0 Å². The predicted octanol–water partition coefficient (Wildman–Crippen LogP) is 2.86. The number of rotatable bonds is 5. The zero-order valence-electron chi connectivity index (χ0n) is 13.6. The van der Waals surface area contributed by atoms with Gasteiger partial charge in [-0.05, 0) is 59.1 Å². The van der Waals surface area contributed by atoms with E-state index in [9.17, 15) is 8.42 Å². The van der Waals surface area contributed by atoms with Crippen molar-refractivity contribution in [1.29, 1.82) is 0 Å². The standard InChI is InChI=1S/C16H17IN4O2S2/c1-21(2)25(22,23)14-8-5-7-13(10-14)19-16(24)20-18-11-12-6-3-4-9-15(12)17/h3-11H,1-2H3,(H2,19,20,24). The molecule has 25 heavy (non-hydrogen) atoms. The summed E-state index contributed by atoms with van der Waals surface area (Å²) in [7, 11) is -0.519. The smallest absolute Gasteiger partial charge is 0.242 e. The number of hydrogen-bond acceptors (Lipinski definition) is 4. The quantitative estimate of drug-likeness (QED) is 0.293. The highest BCUT2D eigenvalue weighted by atomic mass is 127. The van der Waals surface area contributed by atoms with Crippen LogP contribution in [0.25, 0.3) is 0 Å². The van der Waals surface area contributed by atoms with Crippen molar-refractivity contribution in [3.63, 3.8) is 0 Å². The number of nitrogens with one attached hydrogen (secondary N) is 2. The Balaban J connectivity index is 2.03. The summed E-state index contributed by atoms with van der Waals surface area (Å²) in [5.74, 6) is 0. The second-order valence-corrected chi connectivity index (χ2v) is 8.88. The fourth-order valence-electron chi connectivity index (χ4n) is 1.84. The van der Waals surface area contributed by atoms with Gasteiger partial charge >= 0.3 is 0 Å². The maximum Gasteiger partial charge on any atom is 0.242 e. The lowest BCUT2D eigenvalue weighted by Gasteiger charge is -2.13. The van der Waals surface area contributed by atoms with E-state index in [1.54, 1.807) is 18.3 Å². The zero-order chi connectivity index (χ0) is 18.4. The van der Waals surface area contributed by atoms with Crippen LogP contribution in [-0.4, -0.2) is 38.1 Å². The minimum atomic E-state index is -3.49. The van der Waals surface area contributed by atoms with Gasteiger partial charge in [-0.2, -0.15) is 5.10 Å². The Morgan fingerprint density at radius 2 is 1.92 bits per heavy atom. The van der Waals surface area contributed by atoms with E-state index in [2.05, 4.69) is 38.4 Å². The molecule has 9 heteroatoms. The molecule has 0 saturated carbocycles. The van der Waals surface area contributed by atoms with Crippen LogP contribution >= 0.6 is 34.8 Å². The zero-order valence-corrected chi connectivity index (χ0v) is 17.4. The molecule has 0 aliphatic heterocycles. The molecule has 2 aromatic carbocycles. The maximum absolute atomic E-state index is 12.2. The normalized spacial score (nSPS) is 11.7. The molecule has 0 spiro atoms. The molecular weight excluding hydrogens is 471 g/mol. The summed E-state index contributed by atoms with van der Waals surface area (Å²) in [6.45, 7) is 0. The molecule has 0 fully saturated rings. The highest BCUT2D eigenvalue weighted by Gasteiger charge is 2.17. The average Bonchev–Trinajstić information content (AvgIpc) is 2.56. The van der Waals surface area contributed by atoms with Crippen molar-refractivity contribution in [2.24, 2.45) is 5.10 Å². The molecule has 0 bridgehead atoms. The predicted molar refractivity (Wildman–Crippen MR) is 113 cm³/mol. The largest absolute Gasteiger partial charge is 0.331 e. The first-order valence-corrected chi connectivity index (χ1v) is 10.1. The summed E-state index contributed by atoms with van der Waals surface area (Å²) < 4.78 is 26.5. The third-order valence-electron chi connectivity index (χ3n) is 3.15. The van der Waals surface area contributed by atoms with Crippen LogP contribution in [0.5, 0.6) is 0 Å². The molecule has 6 nitrogen and oxygen atoms in total. The molecule has 0 unspecified atom stereocenters. The van der Waals surface area contributed by atoms with Gasteiger partial charge in [0.2, 0.25) is 10.0 Å². The first kappa shape index (κ1) is 19.8. The molecule has 0 aliphatic carbocycles. The molecule has 0 heterocycles. The lowest BCUT2D eigenvalue weighted by atomic mass is 10.2. The number of nitrogens with zero attached hydrogens (tertiary/aromatic N) is 2. The third kappa shape index (κ3) is 5.46. The van der Waals surface area contributed by atoms with Crippen LogP contribution in [0.15, 0.2) is 58.5 Å². The monoisotopic (exact) mass is 488 g/mol.